The number of alkyl halides is 3. The summed E-state index contributed by atoms with van der Waals surface area (Å²) in [5, 5.41) is 2.93. The van der Waals surface area contributed by atoms with E-state index in [9.17, 15) is 22.8 Å². The van der Waals surface area contributed by atoms with Crippen molar-refractivity contribution < 1.29 is 22.8 Å². The number of hydrogen-bond acceptors (Lipinski definition) is 5. The number of nitrogens with zero attached hydrogens (tertiary/aromatic N) is 4. The fourth-order valence-electron chi connectivity index (χ4n) is 4.37. The van der Waals surface area contributed by atoms with Crippen molar-refractivity contribution in [3.8, 4) is 0 Å². The van der Waals surface area contributed by atoms with Crippen molar-refractivity contribution in [3.63, 3.8) is 0 Å². The van der Waals surface area contributed by atoms with Gasteiger partial charge in [-0.15, -0.1) is 0 Å². The molecule has 2 aliphatic rings. The van der Waals surface area contributed by atoms with Crippen LogP contribution in [-0.4, -0.2) is 52.9 Å². The number of amides is 2. The van der Waals surface area contributed by atoms with Crippen LogP contribution in [0.25, 0.3) is 0 Å². The van der Waals surface area contributed by atoms with Crippen LogP contribution in [-0.2, 0) is 15.8 Å². The van der Waals surface area contributed by atoms with E-state index < -0.39 is 17.8 Å². The van der Waals surface area contributed by atoms with Gasteiger partial charge in [0, 0.05) is 50.9 Å². The molecular weight excluding hydrogens is 435 g/mol. The zero-order valence-corrected chi connectivity index (χ0v) is 18.1. The molecule has 2 fully saturated rings. The number of halogens is 3. The molecule has 1 aromatic heterocycles. The Morgan fingerprint density at radius 1 is 1.12 bits per heavy atom. The largest absolute Gasteiger partial charge is 0.416 e. The van der Waals surface area contributed by atoms with Crippen molar-refractivity contribution in [1.29, 1.82) is 0 Å². The molecule has 7 nitrogen and oxygen atoms in total. The third-order valence-electron chi connectivity index (χ3n) is 6.21. The maximum absolute atomic E-state index is 13.3. The molecule has 1 atom stereocenters. The number of likely N-dealkylation sites (tertiary alicyclic amines) is 1. The quantitative estimate of drug-likeness (QED) is 0.715. The van der Waals surface area contributed by atoms with Crippen LogP contribution in [0.15, 0.2) is 42.7 Å². The van der Waals surface area contributed by atoms with Crippen LogP contribution in [0.2, 0.25) is 0 Å². The topological polar surface area (TPSA) is 78.4 Å². The second kappa shape index (κ2) is 9.76. The fraction of sp³-hybridized carbons (Fsp3) is 0.478. The van der Waals surface area contributed by atoms with Gasteiger partial charge >= 0.3 is 6.18 Å². The van der Waals surface area contributed by atoms with Crippen molar-refractivity contribution in [2.75, 3.05) is 31.1 Å². The molecule has 0 aliphatic carbocycles. The number of piperidine rings is 1. The molecule has 33 heavy (non-hydrogen) atoms. The zero-order chi connectivity index (χ0) is 23.4. The second-order valence-corrected chi connectivity index (χ2v) is 8.44. The Balaban J connectivity index is 1.46. The van der Waals surface area contributed by atoms with Crippen LogP contribution in [0.3, 0.4) is 0 Å². The Kier molecular flexibility index (Phi) is 6.80. The molecule has 2 aromatic rings. The van der Waals surface area contributed by atoms with Crippen LogP contribution in [0.4, 0.5) is 19.1 Å². The maximum Gasteiger partial charge on any atom is 0.416 e. The van der Waals surface area contributed by atoms with E-state index in [2.05, 4.69) is 15.3 Å². The minimum Gasteiger partial charge on any atom is -0.347 e. The van der Waals surface area contributed by atoms with E-state index in [1.54, 1.807) is 29.4 Å². The Morgan fingerprint density at radius 2 is 1.85 bits per heavy atom. The molecule has 0 saturated carbocycles. The van der Waals surface area contributed by atoms with Gasteiger partial charge in [-0.3, -0.25) is 9.59 Å². The average Bonchev–Trinajstić information content (AvgIpc) is 3.23. The third kappa shape index (κ3) is 5.61. The summed E-state index contributed by atoms with van der Waals surface area (Å²) in [6, 6.07) is 5.99. The van der Waals surface area contributed by atoms with E-state index in [0.29, 0.717) is 56.8 Å². The molecule has 3 heterocycles. The summed E-state index contributed by atoms with van der Waals surface area (Å²) in [5.41, 5.74) is -0.434. The Labute approximate surface area is 190 Å². The molecule has 0 spiro atoms. The molecule has 4 rings (SSSR count). The first-order valence-corrected chi connectivity index (χ1v) is 11.1. The SMILES string of the molecule is O=C(NC(CN1CCCC1=O)c1cccc(C(F)(F)F)c1)C1CCN(c2ncccn2)CC1. The number of rotatable bonds is 6. The standard InChI is InChI=1S/C23H26F3N5O2/c24-23(25,26)18-5-1-4-17(14-18)19(15-31-11-2-6-20(31)32)29-21(33)16-7-12-30(13-8-16)22-27-9-3-10-28-22/h1,3-5,9-10,14,16,19H,2,6-8,11-13,15H2,(H,29,33). The van der Waals surface area contributed by atoms with Crippen molar-refractivity contribution >= 4 is 17.8 Å². The van der Waals surface area contributed by atoms with E-state index in [0.717, 1.165) is 12.1 Å². The number of aromatic nitrogens is 2. The number of hydrogen-bond donors (Lipinski definition) is 1. The maximum atomic E-state index is 13.3. The zero-order valence-electron chi connectivity index (χ0n) is 18.1. The van der Waals surface area contributed by atoms with Gasteiger partial charge in [0.15, 0.2) is 0 Å². The van der Waals surface area contributed by atoms with Crippen LogP contribution >= 0.6 is 0 Å². The average molecular weight is 461 g/mol. The summed E-state index contributed by atoms with van der Waals surface area (Å²) >= 11 is 0. The van der Waals surface area contributed by atoms with E-state index in [-0.39, 0.29) is 24.3 Å². The smallest absolute Gasteiger partial charge is 0.347 e. The Hall–Kier alpha value is -3.17. The van der Waals surface area contributed by atoms with Gasteiger partial charge in [0.1, 0.15) is 0 Å². The van der Waals surface area contributed by atoms with Crippen LogP contribution in [0, 0.1) is 5.92 Å². The van der Waals surface area contributed by atoms with Gasteiger partial charge in [-0.2, -0.15) is 13.2 Å². The van der Waals surface area contributed by atoms with Crippen molar-refractivity contribution in [1.82, 2.24) is 20.2 Å². The normalized spacial score (nSPS) is 18.5. The first-order valence-electron chi connectivity index (χ1n) is 11.1. The second-order valence-electron chi connectivity index (χ2n) is 8.44. The lowest BCUT2D eigenvalue weighted by Crippen LogP contribution is -2.44. The lowest BCUT2D eigenvalue weighted by Gasteiger charge is -2.33. The Bertz CT molecular complexity index is 978. The van der Waals surface area contributed by atoms with E-state index >= 15 is 0 Å². The molecule has 1 N–H and O–H groups in total. The molecular formula is C23H26F3N5O2. The summed E-state index contributed by atoms with van der Waals surface area (Å²) in [6.45, 7) is 1.92. The first-order chi connectivity index (χ1) is 15.8. The highest BCUT2D eigenvalue weighted by molar-refractivity contribution is 5.80. The molecule has 0 radical (unpaired) electrons. The van der Waals surface area contributed by atoms with Crippen molar-refractivity contribution in [2.45, 2.75) is 37.9 Å². The van der Waals surface area contributed by atoms with Gasteiger partial charge in [0.05, 0.1) is 11.6 Å². The van der Waals surface area contributed by atoms with Gasteiger partial charge in [0.25, 0.3) is 0 Å². The van der Waals surface area contributed by atoms with Crippen LogP contribution in [0.1, 0.15) is 42.9 Å². The summed E-state index contributed by atoms with van der Waals surface area (Å²) in [6.07, 6.45) is 1.15. The summed E-state index contributed by atoms with van der Waals surface area (Å²) in [4.78, 5) is 37.3. The number of anilines is 1. The first kappa shape index (κ1) is 23.0. The van der Waals surface area contributed by atoms with E-state index in [4.69, 9.17) is 0 Å². The molecule has 10 heteroatoms. The van der Waals surface area contributed by atoms with Crippen LogP contribution < -0.4 is 10.2 Å². The summed E-state index contributed by atoms with van der Waals surface area (Å²) < 4.78 is 39.8. The molecule has 2 saturated heterocycles. The molecule has 2 amide bonds. The number of carbonyl (C=O) groups excluding carboxylic acids is 2. The number of benzene rings is 1. The predicted molar refractivity (Wildman–Crippen MR) is 115 cm³/mol. The third-order valence-corrected chi connectivity index (χ3v) is 6.21. The van der Waals surface area contributed by atoms with Crippen molar-refractivity contribution in [3.05, 3.63) is 53.9 Å². The van der Waals surface area contributed by atoms with Gasteiger partial charge in [-0.25, -0.2) is 9.97 Å². The lowest BCUT2D eigenvalue weighted by atomic mass is 9.94. The molecule has 1 unspecified atom stereocenters. The van der Waals surface area contributed by atoms with Gasteiger partial charge < -0.3 is 15.1 Å². The van der Waals surface area contributed by atoms with Crippen LogP contribution in [0.5, 0.6) is 0 Å². The highest BCUT2D eigenvalue weighted by Gasteiger charge is 2.33. The molecule has 176 valence electrons. The summed E-state index contributed by atoms with van der Waals surface area (Å²) in [7, 11) is 0. The van der Waals surface area contributed by atoms with E-state index in [1.807, 2.05) is 4.90 Å². The molecule has 0 bridgehead atoms. The monoisotopic (exact) mass is 461 g/mol. The minimum absolute atomic E-state index is 0.0441. The van der Waals surface area contributed by atoms with Crippen molar-refractivity contribution in [2.24, 2.45) is 5.92 Å². The number of nitrogens with one attached hydrogen (secondary N) is 1. The van der Waals surface area contributed by atoms with E-state index in [1.165, 1.54) is 6.07 Å². The van der Waals surface area contributed by atoms with Gasteiger partial charge in [0.2, 0.25) is 17.8 Å². The molecule has 1 aromatic carbocycles. The Morgan fingerprint density at radius 3 is 2.48 bits per heavy atom. The number of carbonyl (C=O) groups is 2. The molecule has 2 aliphatic heterocycles. The predicted octanol–water partition coefficient (Wildman–Crippen LogP) is 3.19. The summed E-state index contributed by atoms with van der Waals surface area (Å²) in [5.74, 6) is 0.0911. The lowest BCUT2D eigenvalue weighted by molar-refractivity contribution is -0.137. The fourth-order valence-corrected chi connectivity index (χ4v) is 4.37. The highest BCUT2D eigenvalue weighted by Crippen LogP contribution is 2.31. The minimum atomic E-state index is -4.49. The van der Waals surface area contributed by atoms with Gasteiger partial charge in [-0.05, 0) is 43.0 Å². The van der Waals surface area contributed by atoms with Gasteiger partial charge in [-0.1, -0.05) is 12.1 Å². The highest BCUT2D eigenvalue weighted by atomic mass is 19.4.